The Morgan fingerprint density at radius 3 is 2.70 bits per heavy atom. The Morgan fingerprint density at radius 2 is 1.96 bits per heavy atom. The highest BCUT2D eigenvalue weighted by molar-refractivity contribution is 5.91. The topological polar surface area (TPSA) is 51.3 Å². The predicted molar refractivity (Wildman–Crippen MR) is 92.9 cm³/mol. The molecule has 0 amide bonds. The van der Waals surface area contributed by atoms with Crippen molar-refractivity contribution in [1.82, 2.24) is 24.8 Å². The Hall–Kier alpha value is -1.66. The zero-order valence-electron chi connectivity index (χ0n) is 14.1. The van der Waals surface area contributed by atoms with E-state index in [0.717, 1.165) is 36.9 Å². The van der Waals surface area contributed by atoms with Crippen molar-refractivity contribution in [3.05, 3.63) is 18.1 Å². The second-order valence-corrected chi connectivity index (χ2v) is 6.96. The minimum Gasteiger partial charge on any atom is -0.355 e. The lowest BCUT2D eigenvalue weighted by atomic mass is 9.98. The fraction of sp³-hybridized carbons (Fsp3) is 0.647. The summed E-state index contributed by atoms with van der Waals surface area (Å²) >= 11 is 0. The standard InChI is InChI=1S/C17H26N6/c1-3-14-8-18-16-15(14)17(20-12-19-16)23-10-13(11-23)9-22-6-4-21(2)5-7-22/h8,12-13H,3-7,9-11H2,1-2H3,(H,18,19,20). The number of nitrogens with zero attached hydrogens (tertiary/aromatic N) is 5. The molecule has 0 radical (unpaired) electrons. The van der Waals surface area contributed by atoms with Crippen molar-refractivity contribution >= 4 is 16.9 Å². The fourth-order valence-corrected chi connectivity index (χ4v) is 3.78. The molecule has 0 atom stereocenters. The van der Waals surface area contributed by atoms with Gasteiger partial charge in [0.2, 0.25) is 0 Å². The largest absolute Gasteiger partial charge is 0.355 e. The Kier molecular flexibility index (Phi) is 3.95. The van der Waals surface area contributed by atoms with Crippen LogP contribution in [0.1, 0.15) is 12.5 Å². The molecule has 0 aliphatic carbocycles. The first-order valence-corrected chi connectivity index (χ1v) is 8.71. The van der Waals surface area contributed by atoms with E-state index >= 15 is 0 Å². The van der Waals surface area contributed by atoms with Crippen LogP contribution in [0.25, 0.3) is 11.0 Å². The van der Waals surface area contributed by atoms with E-state index in [9.17, 15) is 0 Å². The molecule has 124 valence electrons. The normalized spacial score (nSPS) is 21.0. The zero-order valence-corrected chi connectivity index (χ0v) is 14.1. The highest BCUT2D eigenvalue weighted by atomic mass is 15.3. The second-order valence-electron chi connectivity index (χ2n) is 6.96. The lowest BCUT2D eigenvalue weighted by Crippen LogP contribution is -2.54. The van der Waals surface area contributed by atoms with Gasteiger partial charge in [0, 0.05) is 57.9 Å². The number of aromatic amines is 1. The summed E-state index contributed by atoms with van der Waals surface area (Å²) in [6.07, 6.45) is 4.77. The third kappa shape index (κ3) is 2.81. The summed E-state index contributed by atoms with van der Waals surface area (Å²) < 4.78 is 0. The van der Waals surface area contributed by atoms with Crippen LogP contribution in [0, 0.1) is 5.92 Å². The van der Waals surface area contributed by atoms with Gasteiger partial charge in [0.1, 0.15) is 17.8 Å². The molecule has 6 nitrogen and oxygen atoms in total. The van der Waals surface area contributed by atoms with Crippen LogP contribution in [0.5, 0.6) is 0 Å². The summed E-state index contributed by atoms with van der Waals surface area (Å²) in [6, 6.07) is 0. The van der Waals surface area contributed by atoms with Gasteiger partial charge in [-0.3, -0.25) is 0 Å². The summed E-state index contributed by atoms with van der Waals surface area (Å²) in [6.45, 7) is 10.5. The zero-order chi connectivity index (χ0) is 15.8. The summed E-state index contributed by atoms with van der Waals surface area (Å²) in [5, 5.41) is 1.22. The van der Waals surface area contributed by atoms with Crippen LogP contribution >= 0.6 is 0 Å². The molecule has 0 saturated carbocycles. The number of anilines is 1. The van der Waals surface area contributed by atoms with Crippen molar-refractivity contribution < 1.29 is 0 Å². The van der Waals surface area contributed by atoms with E-state index in [1.807, 2.05) is 0 Å². The van der Waals surface area contributed by atoms with Gasteiger partial charge in [-0.1, -0.05) is 6.92 Å². The predicted octanol–water partition coefficient (Wildman–Crippen LogP) is 1.20. The van der Waals surface area contributed by atoms with Gasteiger partial charge in [-0.15, -0.1) is 0 Å². The number of likely N-dealkylation sites (N-methyl/N-ethyl adjacent to an activating group) is 1. The molecule has 2 aliphatic rings. The number of rotatable bonds is 4. The molecule has 2 fully saturated rings. The van der Waals surface area contributed by atoms with Gasteiger partial charge in [0.15, 0.2) is 0 Å². The molecule has 6 heteroatoms. The van der Waals surface area contributed by atoms with Crippen molar-refractivity contribution in [3.8, 4) is 0 Å². The maximum atomic E-state index is 4.58. The van der Waals surface area contributed by atoms with Crippen molar-refractivity contribution in [1.29, 1.82) is 0 Å². The van der Waals surface area contributed by atoms with Crippen LogP contribution in [0.2, 0.25) is 0 Å². The van der Waals surface area contributed by atoms with Crippen LogP contribution in [-0.4, -0.2) is 77.6 Å². The minimum absolute atomic E-state index is 0.771. The summed E-state index contributed by atoms with van der Waals surface area (Å²) in [5.74, 6) is 1.88. The van der Waals surface area contributed by atoms with Gasteiger partial charge < -0.3 is 19.7 Å². The van der Waals surface area contributed by atoms with Crippen LogP contribution in [0.4, 0.5) is 5.82 Å². The van der Waals surface area contributed by atoms with Gasteiger partial charge in [0.05, 0.1) is 5.39 Å². The molecule has 23 heavy (non-hydrogen) atoms. The molecule has 0 unspecified atom stereocenters. The second kappa shape index (κ2) is 6.09. The smallest absolute Gasteiger partial charge is 0.143 e. The van der Waals surface area contributed by atoms with E-state index in [2.05, 4.69) is 49.8 Å². The number of hydrogen-bond acceptors (Lipinski definition) is 5. The third-order valence-electron chi connectivity index (χ3n) is 5.28. The Labute approximate surface area is 137 Å². The first-order valence-electron chi connectivity index (χ1n) is 8.71. The number of aryl methyl sites for hydroxylation is 1. The average molecular weight is 314 g/mol. The Morgan fingerprint density at radius 1 is 1.17 bits per heavy atom. The van der Waals surface area contributed by atoms with E-state index in [1.54, 1.807) is 6.33 Å². The van der Waals surface area contributed by atoms with E-state index in [0.29, 0.717) is 0 Å². The van der Waals surface area contributed by atoms with Crippen molar-refractivity contribution in [3.63, 3.8) is 0 Å². The van der Waals surface area contributed by atoms with Gasteiger partial charge in [-0.05, 0) is 19.0 Å². The Bertz CT molecular complexity index is 667. The number of piperazine rings is 1. The molecule has 2 aromatic rings. The van der Waals surface area contributed by atoms with Gasteiger partial charge >= 0.3 is 0 Å². The van der Waals surface area contributed by atoms with Gasteiger partial charge in [-0.2, -0.15) is 0 Å². The molecule has 2 aliphatic heterocycles. The number of fused-ring (bicyclic) bond motifs is 1. The van der Waals surface area contributed by atoms with E-state index < -0.39 is 0 Å². The quantitative estimate of drug-likeness (QED) is 0.919. The van der Waals surface area contributed by atoms with Crippen molar-refractivity contribution in [2.45, 2.75) is 13.3 Å². The average Bonchev–Trinajstić information content (AvgIpc) is 2.96. The maximum absolute atomic E-state index is 4.58. The highest BCUT2D eigenvalue weighted by Gasteiger charge is 2.31. The SMILES string of the molecule is CCc1c[nH]c2ncnc(N3CC(CN4CCN(C)CC4)C3)c12. The maximum Gasteiger partial charge on any atom is 0.143 e. The number of nitrogens with one attached hydrogen (secondary N) is 1. The number of aromatic nitrogens is 3. The number of H-pyrrole nitrogens is 1. The molecule has 0 aromatic carbocycles. The van der Waals surface area contributed by atoms with E-state index in [1.165, 1.54) is 43.7 Å². The molecular weight excluding hydrogens is 288 g/mol. The van der Waals surface area contributed by atoms with Gasteiger partial charge in [-0.25, -0.2) is 9.97 Å². The fourth-order valence-electron chi connectivity index (χ4n) is 3.78. The van der Waals surface area contributed by atoms with E-state index in [-0.39, 0.29) is 0 Å². The highest BCUT2D eigenvalue weighted by Crippen LogP contribution is 2.31. The molecule has 2 aromatic heterocycles. The molecule has 0 spiro atoms. The lowest BCUT2D eigenvalue weighted by Gasteiger charge is -2.44. The number of hydrogen-bond donors (Lipinski definition) is 1. The molecule has 0 bridgehead atoms. The molecule has 4 rings (SSSR count). The van der Waals surface area contributed by atoms with Crippen LogP contribution in [0.3, 0.4) is 0 Å². The van der Waals surface area contributed by atoms with Gasteiger partial charge in [0.25, 0.3) is 0 Å². The minimum atomic E-state index is 0.771. The summed E-state index contributed by atoms with van der Waals surface area (Å²) in [5.41, 5.74) is 2.28. The summed E-state index contributed by atoms with van der Waals surface area (Å²) in [4.78, 5) is 19.7. The Balaban J connectivity index is 1.41. The van der Waals surface area contributed by atoms with Crippen LogP contribution in [0.15, 0.2) is 12.5 Å². The third-order valence-corrected chi connectivity index (χ3v) is 5.28. The first-order chi connectivity index (χ1) is 11.2. The monoisotopic (exact) mass is 314 g/mol. The first kappa shape index (κ1) is 14.9. The van der Waals surface area contributed by atoms with Crippen LogP contribution < -0.4 is 4.90 Å². The van der Waals surface area contributed by atoms with E-state index in [4.69, 9.17) is 0 Å². The van der Waals surface area contributed by atoms with Crippen molar-refractivity contribution in [2.24, 2.45) is 5.92 Å². The molecule has 2 saturated heterocycles. The lowest BCUT2D eigenvalue weighted by molar-refractivity contribution is 0.128. The molecular formula is C17H26N6. The van der Waals surface area contributed by atoms with Crippen LogP contribution in [-0.2, 0) is 6.42 Å². The molecule has 4 heterocycles. The van der Waals surface area contributed by atoms with Crippen molar-refractivity contribution in [2.75, 3.05) is 57.8 Å². The molecule has 1 N–H and O–H groups in total. The summed E-state index contributed by atoms with van der Waals surface area (Å²) in [7, 11) is 2.21.